The van der Waals surface area contributed by atoms with Gasteiger partial charge >= 0.3 is 0 Å². The predicted octanol–water partition coefficient (Wildman–Crippen LogP) is 1.28. The van der Waals surface area contributed by atoms with Crippen LogP contribution in [0.3, 0.4) is 0 Å². The molecule has 1 aromatic rings. The van der Waals surface area contributed by atoms with E-state index in [0.29, 0.717) is 0 Å². The summed E-state index contributed by atoms with van der Waals surface area (Å²) in [5.41, 5.74) is 2.69. The number of hydrogen-bond acceptors (Lipinski definition) is 2. The smallest absolute Gasteiger partial charge is 0.0681 e. The second-order valence-corrected chi connectivity index (χ2v) is 4.67. The van der Waals surface area contributed by atoms with Gasteiger partial charge in [0.25, 0.3) is 0 Å². The average Bonchev–Trinajstić information content (AvgIpc) is 2.45. The summed E-state index contributed by atoms with van der Waals surface area (Å²) in [5.74, 6) is 0. The van der Waals surface area contributed by atoms with E-state index in [2.05, 4.69) is 41.9 Å². The van der Waals surface area contributed by atoms with Crippen molar-refractivity contribution in [3.8, 4) is 0 Å². The van der Waals surface area contributed by atoms with Gasteiger partial charge < -0.3 is 5.32 Å². The largest absolute Gasteiger partial charge is 0.309 e. The average molecular weight is 179 g/mol. The Morgan fingerprint density at radius 3 is 2.85 bits per heavy atom. The molecule has 0 radical (unpaired) electrons. The van der Waals surface area contributed by atoms with Gasteiger partial charge in [0.05, 0.1) is 17.9 Å². The first-order valence-corrected chi connectivity index (χ1v) is 4.85. The first-order valence-electron chi connectivity index (χ1n) is 4.85. The SMILES string of the molecule is CC(C)(C)c1cc2n(n1)CCNC2. The van der Waals surface area contributed by atoms with Gasteiger partial charge in [-0.3, -0.25) is 4.68 Å². The molecule has 0 saturated carbocycles. The van der Waals surface area contributed by atoms with E-state index in [9.17, 15) is 0 Å². The van der Waals surface area contributed by atoms with Crippen LogP contribution in [0.15, 0.2) is 6.07 Å². The molecule has 0 saturated heterocycles. The van der Waals surface area contributed by atoms with Gasteiger partial charge in [-0.2, -0.15) is 5.10 Å². The van der Waals surface area contributed by atoms with Crippen LogP contribution in [0.5, 0.6) is 0 Å². The lowest BCUT2D eigenvalue weighted by Gasteiger charge is -2.15. The maximum atomic E-state index is 4.60. The molecule has 13 heavy (non-hydrogen) atoms. The van der Waals surface area contributed by atoms with E-state index in [0.717, 1.165) is 19.6 Å². The van der Waals surface area contributed by atoms with Crippen molar-refractivity contribution in [3.05, 3.63) is 17.5 Å². The number of hydrogen-bond donors (Lipinski definition) is 1. The van der Waals surface area contributed by atoms with Gasteiger partial charge in [-0.05, 0) is 6.07 Å². The lowest BCUT2D eigenvalue weighted by atomic mass is 9.92. The highest BCUT2D eigenvalue weighted by Gasteiger charge is 2.20. The second-order valence-electron chi connectivity index (χ2n) is 4.67. The topological polar surface area (TPSA) is 29.9 Å². The third kappa shape index (κ3) is 1.61. The monoisotopic (exact) mass is 179 g/mol. The van der Waals surface area contributed by atoms with Gasteiger partial charge in [0.1, 0.15) is 0 Å². The van der Waals surface area contributed by atoms with Gasteiger partial charge in [-0.25, -0.2) is 0 Å². The van der Waals surface area contributed by atoms with Crippen LogP contribution in [0.4, 0.5) is 0 Å². The highest BCUT2D eigenvalue weighted by atomic mass is 15.3. The summed E-state index contributed by atoms with van der Waals surface area (Å²) in [6, 6.07) is 2.21. The summed E-state index contributed by atoms with van der Waals surface area (Å²) < 4.78 is 2.12. The standard InChI is InChI=1S/C10H17N3/c1-10(2,3)9-6-8-7-11-4-5-13(8)12-9/h6,11H,4-5,7H2,1-3H3. The van der Waals surface area contributed by atoms with Crippen molar-refractivity contribution < 1.29 is 0 Å². The number of aromatic nitrogens is 2. The van der Waals surface area contributed by atoms with Gasteiger partial charge in [0, 0.05) is 18.5 Å². The van der Waals surface area contributed by atoms with Crippen LogP contribution in [-0.2, 0) is 18.5 Å². The summed E-state index contributed by atoms with van der Waals surface area (Å²) in [6.07, 6.45) is 0. The summed E-state index contributed by atoms with van der Waals surface area (Å²) in [6.45, 7) is 9.62. The highest BCUT2D eigenvalue weighted by Crippen LogP contribution is 2.22. The number of rotatable bonds is 0. The van der Waals surface area contributed by atoms with Crippen molar-refractivity contribution in [2.75, 3.05) is 6.54 Å². The van der Waals surface area contributed by atoms with E-state index < -0.39 is 0 Å². The van der Waals surface area contributed by atoms with E-state index in [4.69, 9.17) is 0 Å². The lowest BCUT2D eigenvalue weighted by Crippen LogP contribution is -2.28. The first kappa shape index (κ1) is 8.75. The minimum atomic E-state index is 0.171. The van der Waals surface area contributed by atoms with Crippen LogP contribution in [0.2, 0.25) is 0 Å². The van der Waals surface area contributed by atoms with Crippen LogP contribution in [-0.4, -0.2) is 16.3 Å². The molecule has 0 amide bonds. The van der Waals surface area contributed by atoms with Crippen LogP contribution in [0.1, 0.15) is 32.2 Å². The fraction of sp³-hybridized carbons (Fsp3) is 0.700. The third-order valence-electron chi connectivity index (χ3n) is 2.44. The molecule has 1 N–H and O–H groups in total. The molecule has 1 aliphatic rings. The molecule has 0 aromatic carbocycles. The van der Waals surface area contributed by atoms with Crippen LogP contribution in [0.25, 0.3) is 0 Å². The minimum Gasteiger partial charge on any atom is -0.309 e. The van der Waals surface area contributed by atoms with E-state index in [1.165, 1.54) is 11.4 Å². The molecule has 2 heterocycles. The highest BCUT2D eigenvalue weighted by molar-refractivity contribution is 5.18. The summed E-state index contributed by atoms with van der Waals surface area (Å²) in [5, 5.41) is 7.94. The fourth-order valence-electron chi connectivity index (χ4n) is 1.56. The van der Waals surface area contributed by atoms with E-state index in [1.54, 1.807) is 0 Å². The van der Waals surface area contributed by atoms with Gasteiger partial charge in [0.15, 0.2) is 0 Å². The number of nitrogens with one attached hydrogen (secondary N) is 1. The van der Waals surface area contributed by atoms with Crippen molar-refractivity contribution in [3.63, 3.8) is 0 Å². The molecule has 0 bridgehead atoms. The fourth-order valence-corrected chi connectivity index (χ4v) is 1.56. The Balaban J connectivity index is 2.36. The maximum absolute atomic E-state index is 4.60. The Labute approximate surface area is 79.1 Å². The Kier molecular flexibility index (Phi) is 1.91. The Morgan fingerprint density at radius 1 is 1.46 bits per heavy atom. The molecule has 0 aliphatic carbocycles. The zero-order valence-electron chi connectivity index (χ0n) is 8.59. The quantitative estimate of drug-likeness (QED) is 0.650. The second kappa shape index (κ2) is 2.84. The molecule has 3 nitrogen and oxygen atoms in total. The summed E-state index contributed by atoms with van der Waals surface area (Å²) >= 11 is 0. The van der Waals surface area contributed by atoms with Crippen molar-refractivity contribution >= 4 is 0 Å². The molecule has 0 unspecified atom stereocenters. The summed E-state index contributed by atoms with van der Waals surface area (Å²) in [7, 11) is 0. The van der Waals surface area contributed by atoms with Gasteiger partial charge in [-0.1, -0.05) is 20.8 Å². The molecule has 0 fully saturated rings. The molecule has 0 spiro atoms. The van der Waals surface area contributed by atoms with Crippen LogP contribution in [0, 0.1) is 0 Å². The van der Waals surface area contributed by atoms with E-state index in [-0.39, 0.29) is 5.41 Å². The van der Waals surface area contributed by atoms with Crippen molar-refractivity contribution in [2.45, 2.75) is 39.3 Å². The summed E-state index contributed by atoms with van der Waals surface area (Å²) in [4.78, 5) is 0. The van der Waals surface area contributed by atoms with Crippen LogP contribution >= 0.6 is 0 Å². The Morgan fingerprint density at radius 2 is 2.23 bits per heavy atom. The zero-order chi connectivity index (χ0) is 9.47. The molecule has 72 valence electrons. The molecule has 1 aliphatic heterocycles. The predicted molar refractivity (Wildman–Crippen MR) is 52.6 cm³/mol. The van der Waals surface area contributed by atoms with Crippen LogP contribution < -0.4 is 5.32 Å². The Hall–Kier alpha value is -0.830. The number of nitrogens with zero attached hydrogens (tertiary/aromatic N) is 2. The molecule has 2 rings (SSSR count). The normalized spacial score (nSPS) is 17.2. The van der Waals surface area contributed by atoms with Gasteiger partial charge in [-0.15, -0.1) is 0 Å². The van der Waals surface area contributed by atoms with Crippen molar-refractivity contribution in [1.82, 2.24) is 15.1 Å². The maximum Gasteiger partial charge on any atom is 0.0681 e. The lowest BCUT2D eigenvalue weighted by molar-refractivity contribution is 0.463. The van der Waals surface area contributed by atoms with Crippen molar-refractivity contribution in [1.29, 1.82) is 0 Å². The molecular formula is C10H17N3. The van der Waals surface area contributed by atoms with E-state index in [1.807, 2.05) is 0 Å². The van der Waals surface area contributed by atoms with Gasteiger partial charge in [0.2, 0.25) is 0 Å². The molecule has 0 atom stereocenters. The molecular weight excluding hydrogens is 162 g/mol. The molecule has 1 aromatic heterocycles. The molecule has 3 heteroatoms. The van der Waals surface area contributed by atoms with E-state index >= 15 is 0 Å². The zero-order valence-corrected chi connectivity index (χ0v) is 8.59. The third-order valence-corrected chi connectivity index (χ3v) is 2.44. The van der Waals surface area contributed by atoms with Crippen molar-refractivity contribution in [2.24, 2.45) is 0 Å². The Bertz CT molecular complexity index is 283. The first-order chi connectivity index (χ1) is 6.07. The number of fused-ring (bicyclic) bond motifs is 1. The minimum absolute atomic E-state index is 0.171.